The number of hydrogen-bond donors (Lipinski definition) is 2. The van der Waals surface area contributed by atoms with Crippen molar-refractivity contribution in [2.75, 3.05) is 17.7 Å². The molecule has 2 aromatic carbocycles. The summed E-state index contributed by atoms with van der Waals surface area (Å²) in [5.41, 5.74) is 3.69. The molecule has 0 saturated heterocycles. The maximum atomic E-state index is 13.0. The van der Waals surface area contributed by atoms with Crippen molar-refractivity contribution in [3.8, 4) is 0 Å². The molecular formula is C22H19N5O3S. The van der Waals surface area contributed by atoms with E-state index in [4.69, 9.17) is 4.52 Å². The highest BCUT2D eigenvalue weighted by atomic mass is 32.2. The molecule has 0 spiro atoms. The van der Waals surface area contributed by atoms with Gasteiger partial charge in [0.05, 0.1) is 23.0 Å². The molecule has 5 rings (SSSR count). The lowest BCUT2D eigenvalue weighted by atomic mass is 10.1. The summed E-state index contributed by atoms with van der Waals surface area (Å²) in [6.45, 7) is 0. The van der Waals surface area contributed by atoms with Gasteiger partial charge in [-0.15, -0.1) is 11.8 Å². The number of hydrogen-bond acceptors (Lipinski definition) is 6. The van der Waals surface area contributed by atoms with Gasteiger partial charge in [0, 0.05) is 30.2 Å². The first kappa shape index (κ1) is 19.4. The molecule has 9 heteroatoms. The van der Waals surface area contributed by atoms with Gasteiger partial charge < -0.3 is 19.7 Å². The van der Waals surface area contributed by atoms with Gasteiger partial charge in [0.1, 0.15) is 11.8 Å². The second-order valence-electron chi connectivity index (χ2n) is 7.31. The number of H-pyrrole nitrogens is 1. The van der Waals surface area contributed by atoms with E-state index in [1.54, 1.807) is 24.3 Å². The first-order valence-electron chi connectivity index (χ1n) is 9.76. The van der Waals surface area contributed by atoms with E-state index in [2.05, 4.69) is 20.4 Å². The first-order chi connectivity index (χ1) is 15.1. The molecule has 31 heavy (non-hydrogen) atoms. The minimum Gasteiger partial charge on any atom is -0.360 e. The van der Waals surface area contributed by atoms with Gasteiger partial charge in [-0.1, -0.05) is 35.5 Å². The Labute approximate surface area is 182 Å². The van der Waals surface area contributed by atoms with Gasteiger partial charge in [0.25, 0.3) is 5.91 Å². The van der Waals surface area contributed by atoms with Gasteiger partial charge >= 0.3 is 0 Å². The second-order valence-corrected chi connectivity index (χ2v) is 8.38. The van der Waals surface area contributed by atoms with Gasteiger partial charge in [-0.3, -0.25) is 9.59 Å². The predicted molar refractivity (Wildman–Crippen MR) is 117 cm³/mol. The Morgan fingerprint density at radius 3 is 2.97 bits per heavy atom. The summed E-state index contributed by atoms with van der Waals surface area (Å²) in [5, 5.41) is 6.69. The van der Waals surface area contributed by atoms with Crippen LogP contribution in [0.25, 0.3) is 11.0 Å². The van der Waals surface area contributed by atoms with Crippen LogP contribution in [0, 0.1) is 0 Å². The smallest absolute Gasteiger partial charge is 0.274 e. The van der Waals surface area contributed by atoms with Crippen molar-refractivity contribution in [3.05, 3.63) is 71.9 Å². The average molecular weight is 433 g/mol. The molecule has 1 aliphatic rings. The van der Waals surface area contributed by atoms with Crippen LogP contribution in [0.4, 0.5) is 5.69 Å². The zero-order valence-electron chi connectivity index (χ0n) is 16.7. The summed E-state index contributed by atoms with van der Waals surface area (Å²) < 4.78 is 5.32. The quantitative estimate of drug-likeness (QED) is 0.513. The van der Waals surface area contributed by atoms with E-state index in [1.165, 1.54) is 11.8 Å². The van der Waals surface area contributed by atoms with Crippen LogP contribution in [-0.2, 0) is 11.2 Å². The summed E-state index contributed by atoms with van der Waals surface area (Å²) >= 11 is 1.52. The van der Waals surface area contributed by atoms with Crippen LogP contribution in [0.15, 0.2) is 64.3 Å². The fraction of sp³-hybridized carbons (Fsp3) is 0.182. The van der Waals surface area contributed by atoms with Gasteiger partial charge in [-0.05, 0) is 17.7 Å². The number of aromatic nitrogens is 3. The molecule has 0 bridgehead atoms. The molecule has 1 atom stereocenters. The molecule has 4 aromatic rings. The second kappa shape index (κ2) is 7.92. The fourth-order valence-corrected chi connectivity index (χ4v) is 4.68. The monoisotopic (exact) mass is 433 g/mol. The number of carbonyl (C=O) groups excluding carboxylic acids is 2. The number of rotatable bonds is 4. The Morgan fingerprint density at radius 2 is 2.13 bits per heavy atom. The van der Waals surface area contributed by atoms with E-state index in [-0.39, 0.29) is 11.6 Å². The normalized spacial score (nSPS) is 16.2. The topological polar surface area (TPSA) is 104 Å². The van der Waals surface area contributed by atoms with Crippen LogP contribution >= 0.6 is 11.8 Å². The highest BCUT2D eigenvalue weighted by molar-refractivity contribution is 7.99. The molecule has 8 nitrogen and oxygen atoms in total. The van der Waals surface area contributed by atoms with Crippen LogP contribution in [0.3, 0.4) is 0 Å². The maximum absolute atomic E-state index is 13.0. The SMILES string of the molecule is CN1C(=O)[C@@H](NC(=O)c2cc(Cc3ccccc3)on2)CSc2cc3[nH]cnc3cc21. The average Bonchev–Trinajstić information content (AvgIpc) is 3.42. The first-order valence-corrected chi connectivity index (χ1v) is 10.7. The van der Waals surface area contributed by atoms with Gasteiger partial charge in [0.15, 0.2) is 5.69 Å². The van der Waals surface area contributed by atoms with E-state index in [1.807, 2.05) is 42.5 Å². The number of imidazole rings is 1. The van der Waals surface area contributed by atoms with Gasteiger partial charge in [-0.2, -0.15) is 0 Å². The van der Waals surface area contributed by atoms with Crippen molar-refractivity contribution < 1.29 is 14.1 Å². The zero-order valence-corrected chi connectivity index (χ0v) is 17.5. The number of benzene rings is 2. The predicted octanol–water partition coefficient (Wildman–Crippen LogP) is 3.01. The highest BCUT2D eigenvalue weighted by Crippen LogP contribution is 2.36. The number of amides is 2. The van der Waals surface area contributed by atoms with Gasteiger partial charge in [-0.25, -0.2) is 4.98 Å². The number of fused-ring (bicyclic) bond motifs is 2. The summed E-state index contributed by atoms with van der Waals surface area (Å²) in [6, 6.07) is 14.6. The number of nitrogens with zero attached hydrogens (tertiary/aromatic N) is 3. The molecule has 0 radical (unpaired) electrons. The van der Waals surface area contributed by atoms with Crippen LogP contribution < -0.4 is 10.2 Å². The molecule has 0 unspecified atom stereocenters. The minimum absolute atomic E-state index is 0.158. The van der Waals surface area contributed by atoms with E-state index in [0.29, 0.717) is 17.9 Å². The standard InChI is InChI=1S/C22H19N5O3S/c1-27-19-9-15-16(24-12-23-15)10-20(19)31-11-18(22(27)29)25-21(28)17-8-14(30-26-17)7-13-5-3-2-4-6-13/h2-6,8-10,12,18H,7,11H2,1H3,(H,23,24)(H,25,28)/t18-/m0/s1. The fourth-order valence-electron chi connectivity index (χ4n) is 3.56. The lowest BCUT2D eigenvalue weighted by molar-refractivity contribution is -0.119. The number of aromatic amines is 1. The van der Waals surface area contributed by atoms with Crippen molar-refractivity contribution in [1.29, 1.82) is 0 Å². The molecule has 0 aliphatic carbocycles. The molecule has 156 valence electrons. The number of anilines is 1. The van der Waals surface area contributed by atoms with E-state index in [0.717, 1.165) is 27.2 Å². The lowest BCUT2D eigenvalue weighted by Crippen LogP contribution is -2.48. The van der Waals surface area contributed by atoms with Crippen molar-refractivity contribution in [2.24, 2.45) is 0 Å². The summed E-state index contributed by atoms with van der Waals surface area (Å²) in [6.07, 6.45) is 2.17. The largest absolute Gasteiger partial charge is 0.360 e. The molecule has 0 saturated carbocycles. The van der Waals surface area contributed by atoms with E-state index < -0.39 is 11.9 Å². The summed E-state index contributed by atoms with van der Waals surface area (Å²) in [4.78, 5) is 35.6. The van der Waals surface area contributed by atoms with Crippen LogP contribution in [0.5, 0.6) is 0 Å². The Balaban J connectivity index is 1.31. The molecular weight excluding hydrogens is 414 g/mol. The molecule has 0 fully saturated rings. The lowest BCUT2D eigenvalue weighted by Gasteiger charge is -2.21. The number of carbonyl (C=O) groups is 2. The van der Waals surface area contributed by atoms with Crippen LogP contribution in [0.1, 0.15) is 21.8 Å². The van der Waals surface area contributed by atoms with Crippen molar-refractivity contribution >= 4 is 40.3 Å². The van der Waals surface area contributed by atoms with E-state index >= 15 is 0 Å². The third-order valence-corrected chi connectivity index (χ3v) is 6.35. The Bertz CT molecular complexity index is 1270. The molecule has 2 aromatic heterocycles. The van der Waals surface area contributed by atoms with Gasteiger partial charge in [0.2, 0.25) is 5.91 Å². The Hall–Kier alpha value is -3.59. The maximum Gasteiger partial charge on any atom is 0.274 e. The van der Waals surface area contributed by atoms with Crippen LogP contribution in [-0.4, -0.2) is 45.8 Å². The summed E-state index contributed by atoms with van der Waals surface area (Å²) in [5.74, 6) is 0.374. The third-order valence-electron chi connectivity index (χ3n) is 5.21. The molecule has 3 heterocycles. The summed E-state index contributed by atoms with van der Waals surface area (Å²) in [7, 11) is 1.71. The third kappa shape index (κ3) is 3.79. The highest BCUT2D eigenvalue weighted by Gasteiger charge is 2.31. The van der Waals surface area contributed by atoms with Crippen LogP contribution in [0.2, 0.25) is 0 Å². The van der Waals surface area contributed by atoms with Crippen molar-refractivity contribution in [1.82, 2.24) is 20.4 Å². The molecule has 1 aliphatic heterocycles. The van der Waals surface area contributed by atoms with E-state index in [9.17, 15) is 9.59 Å². The number of likely N-dealkylation sites (N-methyl/N-ethyl adjacent to an activating group) is 1. The number of thioether (sulfide) groups is 1. The Kier molecular flexibility index (Phi) is 4.95. The molecule has 2 amide bonds. The minimum atomic E-state index is -0.685. The molecule has 2 N–H and O–H groups in total. The number of nitrogens with one attached hydrogen (secondary N) is 2. The van der Waals surface area contributed by atoms with Crippen molar-refractivity contribution in [3.63, 3.8) is 0 Å². The zero-order chi connectivity index (χ0) is 21.4. The van der Waals surface area contributed by atoms with Crippen molar-refractivity contribution in [2.45, 2.75) is 17.4 Å². The Morgan fingerprint density at radius 1 is 1.29 bits per heavy atom.